The van der Waals surface area contributed by atoms with E-state index in [4.69, 9.17) is 24.3 Å². The molecule has 0 unspecified atom stereocenters. The Labute approximate surface area is 199 Å². The van der Waals surface area contributed by atoms with Gasteiger partial charge in [0.05, 0.1) is 19.8 Å². The average Bonchev–Trinajstić information content (AvgIpc) is 3.32. The molecule has 1 saturated heterocycles. The Kier molecular flexibility index (Phi) is 8.30. The molecule has 8 heteroatoms. The summed E-state index contributed by atoms with van der Waals surface area (Å²) in [6.45, 7) is 3.14. The highest BCUT2D eigenvalue weighted by Crippen LogP contribution is 2.28. The second-order valence-electron chi connectivity index (χ2n) is 8.24. The van der Waals surface area contributed by atoms with E-state index in [9.17, 15) is 4.79 Å². The second-order valence-corrected chi connectivity index (χ2v) is 8.24. The molecular formula is C26H31N3O5. The molecule has 0 aromatic heterocycles. The SMILES string of the molecule is O=C(NN1CCOCC1)[C@]1(C/C=C/c2ccccc2)COC(c2ccc(OCCCO)cc2)=N1. The Morgan fingerprint density at radius 2 is 1.91 bits per heavy atom. The molecule has 0 bridgehead atoms. The van der Waals surface area contributed by atoms with E-state index < -0.39 is 5.54 Å². The third-order valence-electron chi connectivity index (χ3n) is 5.69. The number of carbonyl (C=O) groups excluding carboxylic acids is 1. The Morgan fingerprint density at radius 1 is 1.15 bits per heavy atom. The van der Waals surface area contributed by atoms with Crippen LogP contribution in [0.3, 0.4) is 0 Å². The van der Waals surface area contributed by atoms with Crippen molar-refractivity contribution in [1.82, 2.24) is 10.4 Å². The van der Waals surface area contributed by atoms with Crippen molar-refractivity contribution in [3.63, 3.8) is 0 Å². The fourth-order valence-corrected chi connectivity index (χ4v) is 3.73. The first-order valence-electron chi connectivity index (χ1n) is 11.6. The lowest BCUT2D eigenvalue weighted by molar-refractivity contribution is -0.133. The van der Waals surface area contributed by atoms with Gasteiger partial charge >= 0.3 is 0 Å². The summed E-state index contributed by atoms with van der Waals surface area (Å²) in [7, 11) is 0. The number of carbonyl (C=O) groups is 1. The van der Waals surface area contributed by atoms with E-state index in [-0.39, 0.29) is 19.1 Å². The minimum Gasteiger partial charge on any atom is -0.494 e. The molecule has 2 aromatic rings. The van der Waals surface area contributed by atoms with Crippen LogP contribution in [0.1, 0.15) is 24.0 Å². The molecule has 0 radical (unpaired) electrons. The van der Waals surface area contributed by atoms with Gasteiger partial charge in [0.15, 0.2) is 5.54 Å². The van der Waals surface area contributed by atoms with Crippen LogP contribution in [0.5, 0.6) is 5.75 Å². The quantitative estimate of drug-likeness (QED) is 0.524. The van der Waals surface area contributed by atoms with Crippen molar-refractivity contribution in [3.05, 3.63) is 71.8 Å². The van der Waals surface area contributed by atoms with E-state index in [2.05, 4.69) is 5.43 Å². The van der Waals surface area contributed by atoms with E-state index in [0.717, 1.165) is 11.1 Å². The Morgan fingerprint density at radius 3 is 2.65 bits per heavy atom. The normalized spacial score (nSPS) is 20.7. The lowest BCUT2D eigenvalue weighted by Gasteiger charge is -2.30. The monoisotopic (exact) mass is 465 g/mol. The average molecular weight is 466 g/mol. The van der Waals surface area contributed by atoms with Crippen LogP contribution < -0.4 is 10.2 Å². The lowest BCUT2D eigenvalue weighted by Crippen LogP contribution is -2.55. The van der Waals surface area contributed by atoms with Crippen LogP contribution in [0.25, 0.3) is 6.08 Å². The molecule has 2 aliphatic heterocycles. The second kappa shape index (κ2) is 11.8. The minimum absolute atomic E-state index is 0.0933. The highest BCUT2D eigenvalue weighted by atomic mass is 16.5. The van der Waals surface area contributed by atoms with Gasteiger partial charge in [-0.3, -0.25) is 10.2 Å². The maximum absolute atomic E-state index is 13.4. The van der Waals surface area contributed by atoms with Crippen LogP contribution in [0, 0.1) is 0 Å². The fraction of sp³-hybridized carbons (Fsp3) is 0.385. The van der Waals surface area contributed by atoms with Gasteiger partial charge in [-0.2, -0.15) is 0 Å². The van der Waals surface area contributed by atoms with Crippen molar-refractivity contribution < 1.29 is 24.1 Å². The summed E-state index contributed by atoms with van der Waals surface area (Å²) in [6, 6.07) is 17.4. The molecule has 1 fully saturated rings. The van der Waals surface area contributed by atoms with Gasteiger partial charge in [0.2, 0.25) is 5.90 Å². The summed E-state index contributed by atoms with van der Waals surface area (Å²) < 4.78 is 16.9. The number of morpholine rings is 1. The Hall–Kier alpha value is -3.20. The predicted octanol–water partition coefficient (Wildman–Crippen LogP) is 2.43. The van der Waals surface area contributed by atoms with Crippen molar-refractivity contribution in [2.75, 3.05) is 46.1 Å². The van der Waals surface area contributed by atoms with Crippen LogP contribution >= 0.6 is 0 Å². The Bertz CT molecular complexity index is 987. The number of hydrogen-bond donors (Lipinski definition) is 2. The maximum atomic E-state index is 13.4. The number of hydrazine groups is 1. The number of nitrogens with zero attached hydrogens (tertiary/aromatic N) is 2. The van der Waals surface area contributed by atoms with Gasteiger partial charge in [0.25, 0.3) is 5.91 Å². The summed E-state index contributed by atoms with van der Waals surface area (Å²) in [5, 5.41) is 10.8. The molecule has 4 rings (SSSR count). The molecule has 2 heterocycles. The minimum atomic E-state index is -1.06. The van der Waals surface area contributed by atoms with Gasteiger partial charge in [-0.25, -0.2) is 10.0 Å². The van der Waals surface area contributed by atoms with E-state index in [0.29, 0.717) is 57.4 Å². The summed E-state index contributed by atoms with van der Waals surface area (Å²) in [5.41, 5.74) is 3.79. The first kappa shape index (κ1) is 23.9. The smallest absolute Gasteiger partial charge is 0.266 e. The maximum Gasteiger partial charge on any atom is 0.266 e. The van der Waals surface area contributed by atoms with Crippen LogP contribution in [0.15, 0.2) is 65.7 Å². The zero-order chi connectivity index (χ0) is 23.6. The topological polar surface area (TPSA) is 92.6 Å². The van der Waals surface area contributed by atoms with Gasteiger partial charge in [0, 0.05) is 38.1 Å². The van der Waals surface area contributed by atoms with Crippen molar-refractivity contribution >= 4 is 17.9 Å². The molecular weight excluding hydrogens is 434 g/mol. The number of rotatable bonds is 10. The number of amides is 1. The van der Waals surface area contributed by atoms with Crippen molar-refractivity contribution in [2.24, 2.45) is 4.99 Å². The van der Waals surface area contributed by atoms with Crippen LogP contribution in [0.2, 0.25) is 0 Å². The van der Waals surface area contributed by atoms with Gasteiger partial charge in [0.1, 0.15) is 12.4 Å². The zero-order valence-electron chi connectivity index (χ0n) is 19.2. The van der Waals surface area contributed by atoms with Crippen LogP contribution in [-0.2, 0) is 14.3 Å². The number of hydrogen-bond acceptors (Lipinski definition) is 7. The lowest BCUT2D eigenvalue weighted by atomic mass is 9.95. The summed E-state index contributed by atoms with van der Waals surface area (Å²) in [6.07, 6.45) is 4.96. The predicted molar refractivity (Wildman–Crippen MR) is 129 cm³/mol. The molecule has 2 N–H and O–H groups in total. The zero-order valence-corrected chi connectivity index (χ0v) is 19.2. The largest absolute Gasteiger partial charge is 0.494 e. The highest BCUT2D eigenvalue weighted by Gasteiger charge is 2.44. The molecule has 0 spiro atoms. The van der Waals surface area contributed by atoms with Crippen molar-refractivity contribution in [1.29, 1.82) is 0 Å². The van der Waals surface area contributed by atoms with Gasteiger partial charge in [-0.05, 0) is 29.8 Å². The molecule has 8 nitrogen and oxygen atoms in total. The molecule has 2 aliphatic rings. The first-order chi connectivity index (χ1) is 16.7. The van der Waals surface area contributed by atoms with Crippen LogP contribution in [-0.4, -0.2) is 73.6 Å². The number of aliphatic imine (C=N–C) groups is 1. The number of aliphatic hydroxyl groups is 1. The van der Waals surface area contributed by atoms with Gasteiger partial charge in [-0.15, -0.1) is 0 Å². The third-order valence-corrected chi connectivity index (χ3v) is 5.69. The molecule has 0 saturated carbocycles. The molecule has 0 aliphatic carbocycles. The van der Waals surface area contributed by atoms with E-state index in [1.54, 1.807) is 0 Å². The molecule has 2 aromatic carbocycles. The fourth-order valence-electron chi connectivity index (χ4n) is 3.73. The first-order valence-corrected chi connectivity index (χ1v) is 11.6. The number of nitrogens with one attached hydrogen (secondary N) is 1. The number of aliphatic hydroxyl groups excluding tert-OH is 1. The van der Waals surface area contributed by atoms with Gasteiger partial charge < -0.3 is 19.3 Å². The summed E-state index contributed by atoms with van der Waals surface area (Å²) in [4.78, 5) is 18.2. The van der Waals surface area contributed by atoms with Crippen molar-refractivity contribution in [3.8, 4) is 5.75 Å². The highest BCUT2D eigenvalue weighted by molar-refractivity contribution is 6.00. The number of benzene rings is 2. The van der Waals surface area contributed by atoms with Gasteiger partial charge in [-0.1, -0.05) is 42.5 Å². The molecule has 1 amide bonds. The third kappa shape index (κ3) is 6.22. The summed E-state index contributed by atoms with van der Waals surface area (Å²) in [5.74, 6) is 0.955. The van der Waals surface area contributed by atoms with E-state index >= 15 is 0 Å². The molecule has 34 heavy (non-hydrogen) atoms. The number of ether oxygens (including phenoxy) is 3. The standard InChI is InChI=1S/C26H31N3O5/c30-16-5-17-33-23-11-9-22(10-12-23)24-27-26(20-34-24,13-4-8-21-6-2-1-3-7-21)25(31)28-29-14-18-32-19-15-29/h1-4,6-12,30H,5,13-20H2,(H,28,31)/b8-4+/t26-/m0/s1. The van der Waals surface area contributed by atoms with E-state index in [1.165, 1.54) is 0 Å². The Balaban J connectivity index is 1.51. The van der Waals surface area contributed by atoms with Crippen molar-refractivity contribution in [2.45, 2.75) is 18.4 Å². The summed E-state index contributed by atoms with van der Waals surface area (Å²) >= 11 is 0. The van der Waals surface area contributed by atoms with Crippen LogP contribution in [0.4, 0.5) is 0 Å². The molecule has 180 valence electrons. The molecule has 1 atom stereocenters. The van der Waals surface area contributed by atoms with E-state index in [1.807, 2.05) is 71.8 Å².